The van der Waals surface area contributed by atoms with Crippen LogP contribution in [0, 0.1) is 0 Å². The predicted octanol–water partition coefficient (Wildman–Crippen LogP) is 6.13. The van der Waals surface area contributed by atoms with Gasteiger partial charge in [-0.25, -0.2) is 0 Å². The number of rotatable bonds is 2. The first-order valence-electron chi connectivity index (χ1n) is 8.74. The molecule has 0 amide bonds. The smallest absolute Gasteiger partial charge is 0.00751 e. The molecular weight excluding hydrogens is 240 g/mol. The van der Waals surface area contributed by atoms with Crippen LogP contribution in [-0.4, -0.2) is 0 Å². The summed E-state index contributed by atoms with van der Waals surface area (Å²) in [7, 11) is 0. The van der Waals surface area contributed by atoms with Crippen LogP contribution < -0.4 is 0 Å². The van der Waals surface area contributed by atoms with E-state index in [0.717, 1.165) is 0 Å². The van der Waals surface area contributed by atoms with E-state index in [4.69, 9.17) is 0 Å². The van der Waals surface area contributed by atoms with Crippen LogP contribution in [0.3, 0.4) is 0 Å². The lowest BCUT2D eigenvalue weighted by Gasteiger charge is -2.38. The van der Waals surface area contributed by atoms with Crippen molar-refractivity contribution in [3.63, 3.8) is 0 Å². The normalized spacial score (nSPS) is 25.3. The molecular formula is C20H30. The summed E-state index contributed by atoms with van der Waals surface area (Å²) >= 11 is 0. The standard InChI is InChI=1S/C20H30/c1-19(12-5-3-6-13-19)17-10-9-11-18(16-17)20(2)14-7-4-8-15-20/h9-11,16H,3-8,12-15H2,1-2H3. The number of benzene rings is 1. The molecule has 1 aromatic carbocycles. The van der Waals surface area contributed by atoms with E-state index in [2.05, 4.69) is 38.1 Å². The predicted molar refractivity (Wildman–Crippen MR) is 87.3 cm³/mol. The molecule has 0 spiro atoms. The van der Waals surface area contributed by atoms with E-state index >= 15 is 0 Å². The van der Waals surface area contributed by atoms with Gasteiger partial charge in [0, 0.05) is 0 Å². The van der Waals surface area contributed by atoms with Crippen molar-refractivity contribution in [3.05, 3.63) is 35.4 Å². The van der Waals surface area contributed by atoms with Crippen LogP contribution in [0.25, 0.3) is 0 Å². The molecule has 0 atom stereocenters. The lowest BCUT2D eigenvalue weighted by molar-refractivity contribution is 0.310. The fourth-order valence-electron chi connectivity index (χ4n) is 4.51. The highest BCUT2D eigenvalue weighted by atomic mass is 14.4. The zero-order valence-electron chi connectivity index (χ0n) is 13.4. The Morgan fingerprint density at radius 1 is 0.650 bits per heavy atom. The van der Waals surface area contributed by atoms with Crippen LogP contribution in [0.4, 0.5) is 0 Å². The Morgan fingerprint density at radius 2 is 1.05 bits per heavy atom. The highest BCUT2D eigenvalue weighted by molar-refractivity contribution is 5.34. The van der Waals surface area contributed by atoms with Crippen molar-refractivity contribution >= 4 is 0 Å². The van der Waals surface area contributed by atoms with Crippen molar-refractivity contribution in [1.29, 1.82) is 0 Å². The van der Waals surface area contributed by atoms with E-state index in [1.54, 1.807) is 11.1 Å². The largest absolute Gasteiger partial charge is 0.0617 e. The van der Waals surface area contributed by atoms with E-state index in [9.17, 15) is 0 Å². The minimum absolute atomic E-state index is 0.444. The average molecular weight is 270 g/mol. The van der Waals surface area contributed by atoms with Crippen LogP contribution in [-0.2, 0) is 10.8 Å². The maximum Gasteiger partial charge on any atom is -0.00751 e. The molecule has 0 saturated heterocycles. The van der Waals surface area contributed by atoms with Crippen molar-refractivity contribution in [2.45, 2.75) is 88.9 Å². The second kappa shape index (κ2) is 5.54. The van der Waals surface area contributed by atoms with Crippen molar-refractivity contribution in [2.24, 2.45) is 0 Å². The van der Waals surface area contributed by atoms with Crippen LogP contribution >= 0.6 is 0 Å². The minimum atomic E-state index is 0.444. The fraction of sp³-hybridized carbons (Fsp3) is 0.700. The van der Waals surface area contributed by atoms with Gasteiger partial charge in [-0.15, -0.1) is 0 Å². The number of hydrogen-bond donors (Lipinski definition) is 0. The first kappa shape index (κ1) is 14.2. The lowest BCUT2D eigenvalue weighted by atomic mass is 9.67. The van der Waals surface area contributed by atoms with E-state index in [0.29, 0.717) is 10.8 Å². The van der Waals surface area contributed by atoms with Gasteiger partial charge in [0.1, 0.15) is 0 Å². The minimum Gasteiger partial charge on any atom is -0.0617 e. The van der Waals surface area contributed by atoms with Crippen LogP contribution in [0.1, 0.15) is 89.2 Å². The topological polar surface area (TPSA) is 0 Å². The third-order valence-corrected chi connectivity index (χ3v) is 6.17. The van der Waals surface area contributed by atoms with Gasteiger partial charge in [-0.2, -0.15) is 0 Å². The van der Waals surface area contributed by atoms with Gasteiger partial charge in [0.25, 0.3) is 0 Å². The van der Waals surface area contributed by atoms with Crippen molar-refractivity contribution < 1.29 is 0 Å². The molecule has 2 aliphatic rings. The molecule has 0 radical (unpaired) electrons. The second-order valence-electron chi connectivity index (χ2n) is 7.82. The van der Waals surface area contributed by atoms with E-state index in [1.165, 1.54) is 64.2 Å². The van der Waals surface area contributed by atoms with E-state index in [1.807, 2.05) is 0 Å². The molecule has 0 heterocycles. The maximum absolute atomic E-state index is 2.57. The number of hydrogen-bond acceptors (Lipinski definition) is 0. The molecule has 0 nitrogen and oxygen atoms in total. The SMILES string of the molecule is CC1(c2cccc(C3(C)CCCCC3)c2)CCCCC1. The second-order valence-corrected chi connectivity index (χ2v) is 7.82. The van der Waals surface area contributed by atoms with E-state index in [-0.39, 0.29) is 0 Å². The molecule has 0 aliphatic heterocycles. The Kier molecular flexibility index (Phi) is 3.93. The first-order chi connectivity index (χ1) is 9.62. The third-order valence-electron chi connectivity index (χ3n) is 6.17. The third kappa shape index (κ3) is 2.67. The molecule has 0 aromatic heterocycles. The summed E-state index contributed by atoms with van der Waals surface area (Å²) in [6.45, 7) is 4.99. The summed E-state index contributed by atoms with van der Waals surface area (Å²) in [6.07, 6.45) is 14.1. The van der Waals surface area contributed by atoms with Gasteiger partial charge >= 0.3 is 0 Å². The Morgan fingerprint density at radius 3 is 1.45 bits per heavy atom. The van der Waals surface area contributed by atoms with Gasteiger partial charge in [0.15, 0.2) is 0 Å². The molecule has 3 rings (SSSR count). The van der Waals surface area contributed by atoms with Gasteiger partial charge in [-0.05, 0) is 47.6 Å². The summed E-state index contributed by atoms with van der Waals surface area (Å²) in [4.78, 5) is 0. The van der Waals surface area contributed by atoms with Gasteiger partial charge in [-0.1, -0.05) is 76.6 Å². The monoisotopic (exact) mass is 270 g/mol. The first-order valence-corrected chi connectivity index (χ1v) is 8.74. The summed E-state index contributed by atoms with van der Waals surface area (Å²) in [5.74, 6) is 0. The summed E-state index contributed by atoms with van der Waals surface area (Å²) in [5, 5.41) is 0. The van der Waals surface area contributed by atoms with Crippen molar-refractivity contribution in [1.82, 2.24) is 0 Å². The van der Waals surface area contributed by atoms with Crippen molar-refractivity contribution in [2.75, 3.05) is 0 Å². The Balaban J connectivity index is 1.89. The van der Waals surface area contributed by atoms with Crippen LogP contribution in [0.15, 0.2) is 24.3 Å². The quantitative estimate of drug-likeness (QED) is 0.606. The van der Waals surface area contributed by atoms with Crippen molar-refractivity contribution in [3.8, 4) is 0 Å². The maximum atomic E-state index is 2.57. The van der Waals surface area contributed by atoms with Gasteiger partial charge in [0.2, 0.25) is 0 Å². The highest BCUT2D eigenvalue weighted by Crippen LogP contribution is 2.43. The molecule has 20 heavy (non-hydrogen) atoms. The molecule has 0 unspecified atom stereocenters. The lowest BCUT2D eigenvalue weighted by Crippen LogP contribution is -2.28. The summed E-state index contributed by atoms with van der Waals surface area (Å²) in [5.41, 5.74) is 4.11. The summed E-state index contributed by atoms with van der Waals surface area (Å²) < 4.78 is 0. The average Bonchev–Trinajstić information content (AvgIpc) is 2.49. The van der Waals surface area contributed by atoms with E-state index < -0.39 is 0 Å². The van der Waals surface area contributed by atoms with Gasteiger partial charge in [0.05, 0.1) is 0 Å². The molecule has 0 heteroatoms. The molecule has 2 fully saturated rings. The molecule has 0 N–H and O–H groups in total. The van der Waals surface area contributed by atoms with Gasteiger partial charge < -0.3 is 0 Å². The molecule has 2 saturated carbocycles. The summed E-state index contributed by atoms with van der Waals surface area (Å²) in [6, 6.07) is 9.67. The molecule has 110 valence electrons. The van der Waals surface area contributed by atoms with Gasteiger partial charge in [-0.3, -0.25) is 0 Å². The molecule has 2 aliphatic carbocycles. The molecule has 0 bridgehead atoms. The van der Waals surface area contributed by atoms with Crippen LogP contribution in [0.5, 0.6) is 0 Å². The zero-order chi connectivity index (χ0) is 14.1. The van der Waals surface area contributed by atoms with Crippen LogP contribution in [0.2, 0.25) is 0 Å². The highest BCUT2D eigenvalue weighted by Gasteiger charge is 2.32. The Hall–Kier alpha value is -0.780. The fourth-order valence-corrected chi connectivity index (χ4v) is 4.51. The Bertz CT molecular complexity index is 406. The molecule has 1 aromatic rings. The zero-order valence-corrected chi connectivity index (χ0v) is 13.4. The Labute approximate surface area is 125 Å².